The van der Waals surface area contributed by atoms with Crippen LogP contribution in [0.4, 0.5) is 0 Å². The second-order valence-electron chi connectivity index (χ2n) is 3.54. The van der Waals surface area contributed by atoms with Crippen LogP contribution in [0.25, 0.3) is 0 Å². The molecule has 1 rings (SSSR count). The lowest BCUT2D eigenvalue weighted by molar-refractivity contribution is -0.00768. The summed E-state index contributed by atoms with van der Waals surface area (Å²) < 4.78 is 5.73. The highest BCUT2D eigenvalue weighted by molar-refractivity contribution is 7.85. The molecule has 0 N–H and O–H groups in total. The minimum atomic E-state index is 0.0194. The summed E-state index contributed by atoms with van der Waals surface area (Å²) in [5.41, 5.74) is 0. The van der Waals surface area contributed by atoms with E-state index in [9.17, 15) is 0 Å². The molecule has 0 radical (unpaired) electrons. The summed E-state index contributed by atoms with van der Waals surface area (Å²) in [7, 11) is 2.15. The summed E-state index contributed by atoms with van der Waals surface area (Å²) in [5, 5.41) is 2.57. The molecule has 0 aromatic carbocycles. The van der Waals surface area contributed by atoms with Crippen LogP contribution in [0.1, 0.15) is 19.8 Å². The van der Waals surface area contributed by atoms with Crippen molar-refractivity contribution in [2.45, 2.75) is 32.0 Å². The van der Waals surface area contributed by atoms with E-state index in [1.807, 2.05) is 6.92 Å². The smallest absolute Gasteiger partial charge is 0.116 e. The van der Waals surface area contributed by atoms with Crippen molar-refractivity contribution in [3.05, 3.63) is 0 Å². The normalized spacial score (nSPS) is 22.1. The molecule has 13 heavy (non-hydrogen) atoms. The third-order valence-corrected chi connectivity index (χ3v) is 2.46. The molecule has 74 valence electrons. The van der Waals surface area contributed by atoms with E-state index in [2.05, 4.69) is 35.7 Å². The van der Waals surface area contributed by atoms with Crippen LogP contribution in [-0.4, -0.2) is 37.2 Å². The van der Waals surface area contributed by atoms with E-state index in [0.717, 1.165) is 25.9 Å². The summed E-state index contributed by atoms with van der Waals surface area (Å²) in [6.07, 6.45) is 2.65. The number of piperidine rings is 1. The van der Waals surface area contributed by atoms with Gasteiger partial charge in [0.05, 0.1) is 6.10 Å². The van der Waals surface area contributed by atoms with Gasteiger partial charge in [-0.3, -0.25) is 0 Å². The maximum Gasteiger partial charge on any atom is 0.116 e. The zero-order valence-electron chi connectivity index (χ0n) is 8.29. The third kappa shape index (κ3) is 4.04. The van der Waals surface area contributed by atoms with Gasteiger partial charge in [-0.2, -0.15) is 0 Å². The largest absolute Gasteiger partial charge is 0.362 e. The van der Waals surface area contributed by atoms with Crippen molar-refractivity contribution in [1.29, 1.82) is 0 Å². The van der Waals surface area contributed by atoms with Gasteiger partial charge in [0.15, 0.2) is 0 Å². The quantitative estimate of drug-likeness (QED) is 0.533. The Balaban J connectivity index is 2.24. The van der Waals surface area contributed by atoms with Gasteiger partial charge in [0.25, 0.3) is 0 Å². The highest BCUT2D eigenvalue weighted by atomic mass is 32.1. The molecule has 0 spiro atoms. The zero-order chi connectivity index (χ0) is 9.68. The SMILES string of the molecule is C[C@H](C#CS)OC1CCN(C)CC1. The summed E-state index contributed by atoms with van der Waals surface area (Å²) >= 11 is 3.84. The molecule has 1 aliphatic heterocycles. The monoisotopic (exact) mass is 199 g/mol. The first kappa shape index (κ1) is 10.9. The van der Waals surface area contributed by atoms with Crippen LogP contribution in [0, 0.1) is 11.2 Å². The Hall–Kier alpha value is -0.170. The molecule has 2 nitrogen and oxygen atoms in total. The van der Waals surface area contributed by atoms with Crippen LogP contribution in [0.3, 0.4) is 0 Å². The molecule has 1 fully saturated rings. The maximum absolute atomic E-state index is 5.73. The summed E-state index contributed by atoms with van der Waals surface area (Å²) in [6.45, 7) is 4.24. The number of rotatable bonds is 2. The molecule has 1 aliphatic rings. The molecule has 3 heteroatoms. The number of thiol groups is 1. The minimum Gasteiger partial charge on any atom is -0.362 e. The van der Waals surface area contributed by atoms with Gasteiger partial charge in [0.1, 0.15) is 6.10 Å². The zero-order valence-corrected chi connectivity index (χ0v) is 9.18. The Bertz CT molecular complexity index is 201. The number of likely N-dealkylation sites (tertiary alicyclic amines) is 1. The van der Waals surface area contributed by atoms with Crippen molar-refractivity contribution in [2.24, 2.45) is 0 Å². The topological polar surface area (TPSA) is 12.5 Å². The molecular formula is C10H17NOS. The Labute approximate surface area is 86.0 Å². The Kier molecular flexibility index (Phi) is 4.65. The maximum atomic E-state index is 5.73. The van der Waals surface area contributed by atoms with Gasteiger partial charge in [0, 0.05) is 13.1 Å². The van der Waals surface area contributed by atoms with E-state index >= 15 is 0 Å². The standard InChI is InChI=1S/C10H17NOS/c1-9(5-8-13)12-10-3-6-11(2)7-4-10/h9-10,13H,3-4,6-7H2,1-2H3/t9-/m1/s1. The van der Waals surface area contributed by atoms with Crippen LogP contribution in [0.2, 0.25) is 0 Å². The average Bonchev–Trinajstić information content (AvgIpc) is 2.09. The summed E-state index contributed by atoms with van der Waals surface area (Å²) in [6, 6.07) is 0. The lowest BCUT2D eigenvalue weighted by Crippen LogP contribution is -2.35. The van der Waals surface area contributed by atoms with Crippen LogP contribution in [-0.2, 0) is 4.74 Å². The highest BCUT2D eigenvalue weighted by Crippen LogP contribution is 2.13. The molecule has 0 saturated carbocycles. The van der Waals surface area contributed by atoms with Crippen molar-refractivity contribution in [1.82, 2.24) is 4.90 Å². The number of hydrogen-bond donors (Lipinski definition) is 1. The number of ether oxygens (including phenoxy) is 1. The van der Waals surface area contributed by atoms with Crippen molar-refractivity contribution in [3.8, 4) is 11.2 Å². The summed E-state index contributed by atoms with van der Waals surface area (Å²) in [5.74, 6) is 2.88. The van der Waals surface area contributed by atoms with E-state index in [-0.39, 0.29) is 6.10 Å². The minimum absolute atomic E-state index is 0.0194. The predicted molar refractivity (Wildman–Crippen MR) is 57.8 cm³/mol. The van der Waals surface area contributed by atoms with Crippen molar-refractivity contribution in [2.75, 3.05) is 20.1 Å². The average molecular weight is 199 g/mol. The molecule has 0 aromatic rings. The Morgan fingerprint density at radius 2 is 2.08 bits per heavy atom. The molecule has 0 unspecified atom stereocenters. The van der Waals surface area contributed by atoms with Gasteiger partial charge in [-0.15, -0.1) is 0 Å². The molecule has 1 heterocycles. The van der Waals surface area contributed by atoms with Crippen LogP contribution >= 0.6 is 12.6 Å². The van der Waals surface area contributed by atoms with Gasteiger partial charge in [0.2, 0.25) is 0 Å². The fourth-order valence-electron chi connectivity index (χ4n) is 1.53. The van der Waals surface area contributed by atoms with Crippen LogP contribution in [0.5, 0.6) is 0 Å². The van der Waals surface area contributed by atoms with Crippen molar-refractivity contribution < 1.29 is 4.74 Å². The second-order valence-corrected chi connectivity index (χ2v) is 3.76. The van der Waals surface area contributed by atoms with Crippen molar-refractivity contribution in [3.63, 3.8) is 0 Å². The molecular weight excluding hydrogens is 182 g/mol. The van der Waals surface area contributed by atoms with E-state index in [1.165, 1.54) is 0 Å². The van der Waals surface area contributed by atoms with Crippen LogP contribution in [0.15, 0.2) is 0 Å². The molecule has 0 amide bonds. The number of nitrogens with zero attached hydrogens (tertiary/aromatic N) is 1. The van der Waals surface area contributed by atoms with E-state index in [0.29, 0.717) is 6.10 Å². The first-order chi connectivity index (χ1) is 6.22. The van der Waals surface area contributed by atoms with Gasteiger partial charge < -0.3 is 9.64 Å². The van der Waals surface area contributed by atoms with Crippen molar-refractivity contribution >= 4 is 12.6 Å². The predicted octanol–water partition coefficient (Wildman–Crippen LogP) is 1.38. The Morgan fingerprint density at radius 1 is 1.46 bits per heavy atom. The van der Waals surface area contributed by atoms with Gasteiger partial charge in [-0.05, 0) is 32.1 Å². The van der Waals surface area contributed by atoms with Gasteiger partial charge in [-0.1, -0.05) is 18.5 Å². The molecule has 0 aromatic heterocycles. The first-order valence-electron chi connectivity index (χ1n) is 4.71. The lowest BCUT2D eigenvalue weighted by Gasteiger charge is -2.29. The van der Waals surface area contributed by atoms with Crippen LogP contribution < -0.4 is 0 Å². The highest BCUT2D eigenvalue weighted by Gasteiger charge is 2.18. The fraction of sp³-hybridized carbons (Fsp3) is 0.800. The molecule has 0 bridgehead atoms. The molecule has 1 atom stereocenters. The summed E-state index contributed by atoms with van der Waals surface area (Å²) in [4.78, 5) is 2.33. The molecule has 1 saturated heterocycles. The number of hydrogen-bond acceptors (Lipinski definition) is 3. The van der Waals surface area contributed by atoms with Gasteiger partial charge >= 0.3 is 0 Å². The van der Waals surface area contributed by atoms with E-state index in [4.69, 9.17) is 4.74 Å². The van der Waals surface area contributed by atoms with E-state index < -0.39 is 0 Å². The molecule has 0 aliphatic carbocycles. The first-order valence-corrected chi connectivity index (χ1v) is 5.15. The van der Waals surface area contributed by atoms with E-state index in [1.54, 1.807) is 0 Å². The Morgan fingerprint density at radius 3 is 2.62 bits per heavy atom. The van der Waals surface area contributed by atoms with Gasteiger partial charge in [-0.25, -0.2) is 0 Å². The third-order valence-electron chi connectivity index (χ3n) is 2.33. The lowest BCUT2D eigenvalue weighted by atomic mass is 10.1. The second kappa shape index (κ2) is 5.54. The fourth-order valence-corrected chi connectivity index (χ4v) is 1.72.